The summed E-state index contributed by atoms with van der Waals surface area (Å²) in [5.41, 5.74) is -2.59. The number of esters is 1. The summed E-state index contributed by atoms with van der Waals surface area (Å²) in [5.74, 6) is -9.47. The standard InChI is InChI=1S/C27H20O11/c1-10(23(30)31)13-7-16-19(9-18(13)28)37-22-17(27(16)15-6-4-3-5-12(15)26(36)38-27)8-14(11(2)24(32)33)21(29)20(22)25(34)35/h3-11,28-29H,1-2H3,(H,30,31)(H,32,33)(H,34,35). The Morgan fingerprint density at radius 3 is 2.08 bits per heavy atom. The van der Waals surface area contributed by atoms with E-state index in [1.807, 2.05) is 0 Å². The minimum absolute atomic E-state index is 0.0283. The number of hydrogen-bond acceptors (Lipinski definition) is 8. The van der Waals surface area contributed by atoms with Crippen LogP contribution in [0.4, 0.5) is 0 Å². The Labute approximate surface area is 214 Å². The molecule has 38 heavy (non-hydrogen) atoms. The van der Waals surface area contributed by atoms with Gasteiger partial charge in [0.2, 0.25) is 0 Å². The second kappa shape index (κ2) is 8.23. The number of aromatic carboxylic acids is 1. The molecule has 3 aromatic rings. The number of carboxylic acid groups (broad SMARTS) is 3. The van der Waals surface area contributed by atoms with Gasteiger partial charge in [-0.05, 0) is 32.0 Å². The number of aromatic hydroxyl groups is 2. The minimum atomic E-state index is -1.91. The van der Waals surface area contributed by atoms with Crippen molar-refractivity contribution in [2.45, 2.75) is 31.3 Å². The first-order valence-electron chi connectivity index (χ1n) is 11.4. The molecular weight excluding hydrogens is 500 g/mol. The Bertz CT molecular complexity index is 1590. The van der Waals surface area contributed by atoms with Gasteiger partial charge in [-0.25, -0.2) is 9.59 Å². The van der Waals surface area contributed by atoms with Crippen molar-refractivity contribution >= 4 is 23.9 Å². The van der Waals surface area contributed by atoms with E-state index in [0.717, 1.165) is 6.07 Å². The number of fused-ring (bicyclic) bond motifs is 6. The van der Waals surface area contributed by atoms with Gasteiger partial charge >= 0.3 is 23.9 Å². The molecule has 3 unspecified atom stereocenters. The third-order valence-corrected chi connectivity index (χ3v) is 7.04. The van der Waals surface area contributed by atoms with Gasteiger partial charge in [0.25, 0.3) is 0 Å². The summed E-state index contributed by atoms with van der Waals surface area (Å²) >= 11 is 0. The van der Waals surface area contributed by atoms with Crippen molar-refractivity contribution in [1.29, 1.82) is 0 Å². The lowest BCUT2D eigenvalue weighted by Gasteiger charge is -2.38. The van der Waals surface area contributed by atoms with Crippen molar-refractivity contribution in [2.75, 3.05) is 0 Å². The van der Waals surface area contributed by atoms with E-state index in [-0.39, 0.29) is 39.1 Å². The molecule has 1 spiro atoms. The van der Waals surface area contributed by atoms with Crippen LogP contribution in [0.2, 0.25) is 0 Å². The van der Waals surface area contributed by atoms with Crippen LogP contribution < -0.4 is 4.74 Å². The summed E-state index contributed by atoms with van der Waals surface area (Å²) in [7, 11) is 0. The SMILES string of the molecule is CC(C(=O)O)c1cc2c(cc1O)Oc1c(cc(C(C)C(=O)O)c(O)c1C(=O)O)C21OC(=O)c2ccccc21. The lowest BCUT2D eigenvalue weighted by atomic mass is 9.74. The molecule has 11 nitrogen and oxygen atoms in total. The molecule has 0 radical (unpaired) electrons. The first-order chi connectivity index (χ1) is 17.9. The average Bonchev–Trinajstić information content (AvgIpc) is 3.15. The van der Waals surface area contributed by atoms with Crippen molar-refractivity contribution in [1.82, 2.24) is 0 Å². The maximum Gasteiger partial charge on any atom is 0.343 e. The van der Waals surface area contributed by atoms with Crippen LogP contribution in [0.1, 0.15) is 74.2 Å². The molecule has 3 aromatic carbocycles. The molecule has 2 heterocycles. The van der Waals surface area contributed by atoms with Gasteiger partial charge < -0.3 is 35.0 Å². The summed E-state index contributed by atoms with van der Waals surface area (Å²) < 4.78 is 11.8. The van der Waals surface area contributed by atoms with E-state index in [1.54, 1.807) is 18.2 Å². The number of ether oxygens (including phenoxy) is 2. The van der Waals surface area contributed by atoms with E-state index in [0.29, 0.717) is 0 Å². The highest BCUT2D eigenvalue weighted by atomic mass is 16.6. The summed E-state index contributed by atoms with van der Waals surface area (Å²) in [5, 5.41) is 50.7. The van der Waals surface area contributed by atoms with Crippen molar-refractivity contribution in [3.63, 3.8) is 0 Å². The van der Waals surface area contributed by atoms with Gasteiger partial charge in [-0.15, -0.1) is 0 Å². The van der Waals surface area contributed by atoms with Gasteiger partial charge in [0, 0.05) is 33.9 Å². The van der Waals surface area contributed by atoms with E-state index in [1.165, 1.54) is 32.0 Å². The van der Waals surface area contributed by atoms with E-state index in [4.69, 9.17) is 9.47 Å². The van der Waals surface area contributed by atoms with Crippen molar-refractivity contribution in [3.8, 4) is 23.0 Å². The molecule has 0 amide bonds. The number of carbonyl (C=O) groups excluding carboxylic acids is 1. The normalized spacial score (nSPS) is 18.4. The maximum absolute atomic E-state index is 13.1. The van der Waals surface area contributed by atoms with Crippen LogP contribution in [0.15, 0.2) is 42.5 Å². The zero-order valence-electron chi connectivity index (χ0n) is 19.9. The van der Waals surface area contributed by atoms with E-state index < -0.39 is 64.1 Å². The smallest absolute Gasteiger partial charge is 0.343 e. The van der Waals surface area contributed by atoms with Crippen LogP contribution in [-0.4, -0.2) is 49.4 Å². The predicted octanol–water partition coefficient (Wildman–Crippen LogP) is 3.74. The third kappa shape index (κ3) is 3.21. The summed E-state index contributed by atoms with van der Waals surface area (Å²) in [6, 6.07) is 9.84. The minimum Gasteiger partial charge on any atom is -0.508 e. The van der Waals surface area contributed by atoms with Gasteiger partial charge in [0.05, 0.1) is 17.4 Å². The second-order valence-corrected chi connectivity index (χ2v) is 9.12. The van der Waals surface area contributed by atoms with Gasteiger partial charge in [-0.3, -0.25) is 9.59 Å². The largest absolute Gasteiger partial charge is 0.508 e. The molecule has 0 aromatic heterocycles. The van der Waals surface area contributed by atoms with Crippen LogP contribution in [-0.2, 0) is 19.9 Å². The van der Waals surface area contributed by atoms with E-state index in [2.05, 4.69) is 0 Å². The quantitative estimate of drug-likeness (QED) is 0.308. The van der Waals surface area contributed by atoms with Crippen molar-refractivity contribution in [2.24, 2.45) is 0 Å². The molecule has 0 saturated carbocycles. The molecule has 2 aliphatic heterocycles. The Morgan fingerprint density at radius 2 is 1.45 bits per heavy atom. The summed E-state index contributed by atoms with van der Waals surface area (Å²) in [6.45, 7) is 2.59. The molecule has 0 saturated heterocycles. The molecule has 5 N–H and O–H groups in total. The number of hydrogen-bond donors (Lipinski definition) is 5. The second-order valence-electron chi connectivity index (χ2n) is 9.12. The fourth-order valence-electron chi connectivity index (χ4n) is 5.00. The highest BCUT2D eigenvalue weighted by molar-refractivity contribution is 6.00. The molecule has 3 atom stereocenters. The Kier molecular flexibility index (Phi) is 5.34. The zero-order valence-corrected chi connectivity index (χ0v) is 19.9. The van der Waals surface area contributed by atoms with Crippen LogP contribution in [0.5, 0.6) is 23.0 Å². The molecule has 0 aliphatic carbocycles. The highest BCUT2D eigenvalue weighted by Gasteiger charge is 2.55. The lowest BCUT2D eigenvalue weighted by molar-refractivity contribution is -0.139. The Hall–Kier alpha value is -5.06. The fraction of sp³-hybridized carbons (Fsp3) is 0.185. The number of rotatable bonds is 5. The molecular formula is C27H20O11. The number of carboxylic acids is 3. The van der Waals surface area contributed by atoms with E-state index in [9.17, 15) is 44.7 Å². The van der Waals surface area contributed by atoms with Gasteiger partial charge in [0.1, 0.15) is 22.8 Å². The monoisotopic (exact) mass is 520 g/mol. The molecule has 0 bridgehead atoms. The van der Waals surface area contributed by atoms with Crippen molar-refractivity contribution < 1.29 is 54.2 Å². The maximum atomic E-state index is 13.1. The molecule has 5 rings (SSSR count). The predicted molar refractivity (Wildman–Crippen MR) is 127 cm³/mol. The third-order valence-electron chi connectivity index (χ3n) is 7.04. The number of benzene rings is 3. The zero-order chi connectivity index (χ0) is 27.7. The topological polar surface area (TPSA) is 188 Å². The summed E-state index contributed by atoms with van der Waals surface area (Å²) in [4.78, 5) is 49.0. The first kappa shape index (κ1) is 24.6. The van der Waals surface area contributed by atoms with Crippen LogP contribution in [0.3, 0.4) is 0 Å². The molecule has 194 valence electrons. The van der Waals surface area contributed by atoms with E-state index >= 15 is 0 Å². The number of phenols is 2. The number of aliphatic carboxylic acids is 2. The van der Waals surface area contributed by atoms with Gasteiger partial charge in [-0.1, -0.05) is 18.2 Å². The lowest BCUT2D eigenvalue weighted by Crippen LogP contribution is -2.34. The Morgan fingerprint density at radius 1 is 0.842 bits per heavy atom. The molecule has 2 aliphatic rings. The average molecular weight is 520 g/mol. The highest BCUT2D eigenvalue weighted by Crippen LogP contribution is 2.59. The summed E-state index contributed by atoms with van der Waals surface area (Å²) in [6.07, 6.45) is 0. The van der Waals surface area contributed by atoms with Crippen LogP contribution in [0.25, 0.3) is 0 Å². The van der Waals surface area contributed by atoms with Crippen LogP contribution >= 0.6 is 0 Å². The van der Waals surface area contributed by atoms with Gasteiger partial charge in [0.15, 0.2) is 11.4 Å². The molecule has 11 heteroatoms. The number of carbonyl (C=O) groups is 4. The molecule has 0 fully saturated rings. The fourth-order valence-corrected chi connectivity index (χ4v) is 5.00. The first-order valence-corrected chi connectivity index (χ1v) is 11.4. The number of phenolic OH excluding ortho intramolecular Hbond substituents is 1. The van der Waals surface area contributed by atoms with Crippen molar-refractivity contribution in [3.05, 3.63) is 81.4 Å². The van der Waals surface area contributed by atoms with Crippen LogP contribution in [0, 0.1) is 0 Å². The Balaban J connectivity index is 1.96. The van der Waals surface area contributed by atoms with Gasteiger partial charge in [-0.2, -0.15) is 0 Å².